The second kappa shape index (κ2) is 6.64. The van der Waals surface area contributed by atoms with E-state index in [4.69, 9.17) is 4.74 Å². The van der Waals surface area contributed by atoms with E-state index in [1.165, 1.54) is 24.2 Å². The fourth-order valence-electron chi connectivity index (χ4n) is 2.27. The number of benzene rings is 1. The molecule has 2 rings (SSSR count). The molecule has 1 fully saturated rings. The van der Waals surface area contributed by atoms with Crippen LogP contribution in [0.4, 0.5) is 11.4 Å². The molecule has 1 saturated heterocycles. The maximum atomic E-state index is 5.40. The third kappa shape index (κ3) is 3.39. The molecule has 0 atom stereocenters. The summed E-state index contributed by atoms with van der Waals surface area (Å²) in [5, 5.41) is 0. The quantitative estimate of drug-likeness (QED) is 0.797. The van der Waals surface area contributed by atoms with E-state index >= 15 is 0 Å². The lowest BCUT2D eigenvalue weighted by molar-refractivity contribution is 0.122. The van der Waals surface area contributed by atoms with Crippen molar-refractivity contribution in [2.45, 2.75) is 19.8 Å². The molecule has 18 heavy (non-hydrogen) atoms. The highest BCUT2D eigenvalue weighted by molar-refractivity contribution is 5.59. The molecular formula is C15H24N2O. The second-order valence-electron chi connectivity index (χ2n) is 4.89. The zero-order chi connectivity index (χ0) is 12.8. The summed E-state index contributed by atoms with van der Waals surface area (Å²) in [6.07, 6.45) is 2.49. The standard InChI is InChI=1S/C15H24N2O/c1-3-4-8-16(2)14-6-5-7-15(13-14)17-9-11-18-12-10-17/h5-7,13H,3-4,8-12H2,1-2H3. The van der Waals surface area contributed by atoms with Crippen LogP contribution < -0.4 is 9.80 Å². The first-order valence-corrected chi connectivity index (χ1v) is 6.95. The first-order chi connectivity index (χ1) is 8.81. The van der Waals surface area contributed by atoms with Gasteiger partial charge < -0.3 is 14.5 Å². The van der Waals surface area contributed by atoms with Crippen molar-refractivity contribution < 1.29 is 4.74 Å². The van der Waals surface area contributed by atoms with E-state index in [0.29, 0.717) is 0 Å². The minimum atomic E-state index is 0.843. The zero-order valence-electron chi connectivity index (χ0n) is 11.6. The molecule has 3 heteroatoms. The zero-order valence-corrected chi connectivity index (χ0v) is 11.6. The molecule has 0 amide bonds. The topological polar surface area (TPSA) is 15.7 Å². The van der Waals surface area contributed by atoms with Crippen molar-refractivity contribution in [2.24, 2.45) is 0 Å². The molecule has 3 nitrogen and oxygen atoms in total. The summed E-state index contributed by atoms with van der Waals surface area (Å²) >= 11 is 0. The summed E-state index contributed by atoms with van der Waals surface area (Å²) < 4.78 is 5.40. The number of unbranched alkanes of at least 4 members (excludes halogenated alkanes) is 1. The Balaban J connectivity index is 2.04. The maximum Gasteiger partial charge on any atom is 0.0642 e. The highest BCUT2D eigenvalue weighted by Gasteiger charge is 2.11. The predicted molar refractivity (Wildman–Crippen MR) is 77.7 cm³/mol. The average molecular weight is 248 g/mol. The van der Waals surface area contributed by atoms with E-state index in [0.717, 1.165) is 32.8 Å². The molecule has 0 unspecified atom stereocenters. The van der Waals surface area contributed by atoms with E-state index < -0.39 is 0 Å². The summed E-state index contributed by atoms with van der Waals surface area (Å²) in [5.41, 5.74) is 2.63. The van der Waals surface area contributed by atoms with Gasteiger partial charge in [0.05, 0.1) is 13.2 Å². The summed E-state index contributed by atoms with van der Waals surface area (Å²) in [6, 6.07) is 8.84. The van der Waals surface area contributed by atoms with Gasteiger partial charge in [-0.05, 0) is 24.6 Å². The minimum absolute atomic E-state index is 0.843. The van der Waals surface area contributed by atoms with E-state index in [9.17, 15) is 0 Å². The number of hydrogen-bond donors (Lipinski definition) is 0. The number of morpholine rings is 1. The number of hydrogen-bond acceptors (Lipinski definition) is 3. The molecular weight excluding hydrogens is 224 g/mol. The SMILES string of the molecule is CCCCN(C)c1cccc(N2CCOCC2)c1. The molecule has 0 radical (unpaired) electrons. The molecule has 1 heterocycles. The summed E-state index contributed by atoms with van der Waals surface area (Å²) in [7, 11) is 2.17. The van der Waals surface area contributed by atoms with Gasteiger partial charge in [-0.2, -0.15) is 0 Å². The Morgan fingerprint density at radius 3 is 2.78 bits per heavy atom. The van der Waals surface area contributed by atoms with Crippen molar-refractivity contribution in [2.75, 3.05) is 49.7 Å². The highest BCUT2D eigenvalue weighted by Crippen LogP contribution is 2.22. The lowest BCUT2D eigenvalue weighted by atomic mass is 10.2. The van der Waals surface area contributed by atoms with Gasteiger partial charge in [0.15, 0.2) is 0 Å². The van der Waals surface area contributed by atoms with Crippen LogP contribution in [0.15, 0.2) is 24.3 Å². The molecule has 0 spiro atoms. The molecule has 0 saturated carbocycles. The van der Waals surface area contributed by atoms with Gasteiger partial charge in [-0.25, -0.2) is 0 Å². The van der Waals surface area contributed by atoms with Crippen LogP contribution in [0.25, 0.3) is 0 Å². The molecule has 1 aromatic carbocycles. The van der Waals surface area contributed by atoms with E-state index in [1.54, 1.807) is 0 Å². The van der Waals surface area contributed by atoms with Crippen LogP contribution in [0.3, 0.4) is 0 Å². The smallest absolute Gasteiger partial charge is 0.0642 e. The Bertz CT molecular complexity index is 361. The van der Waals surface area contributed by atoms with Crippen molar-refractivity contribution in [3.8, 4) is 0 Å². The maximum absolute atomic E-state index is 5.40. The van der Waals surface area contributed by atoms with Crippen molar-refractivity contribution in [1.82, 2.24) is 0 Å². The lowest BCUT2D eigenvalue weighted by Gasteiger charge is -2.30. The Hall–Kier alpha value is -1.22. The summed E-state index contributed by atoms with van der Waals surface area (Å²) in [4.78, 5) is 4.74. The number of ether oxygens (including phenoxy) is 1. The molecule has 1 aliphatic rings. The van der Waals surface area contributed by atoms with E-state index in [-0.39, 0.29) is 0 Å². The van der Waals surface area contributed by atoms with Gasteiger partial charge in [-0.1, -0.05) is 19.4 Å². The highest BCUT2D eigenvalue weighted by atomic mass is 16.5. The van der Waals surface area contributed by atoms with Crippen LogP contribution in [0.1, 0.15) is 19.8 Å². The minimum Gasteiger partial charge on any atom is -0.378 e. The molecule has 0 bridgehead atoms. The largest absolute Gasteiger partial charge is 0.378 e. The number of nitrogens with zero attached hydrogens (tertiary/aromatic N) is 2. The van der Waals surface area contributed by atoms with Crippen molar-refractivity contribution in [1.29, 1.82) is 0 Å². The normalized spacial score (nSPS) is 15.8. The second-order valence-corrected chi connectivity index (χ2v) is 4.89. The summed E-state index contributed by atoms with van der Waals surface area (Å²) in [5.74, 6) is 0. The fraction of sp³-hybridized carbons (Fsp3) is 0.600. The van der Waals surface area contributed by atoms with Gasteiger partial charge in [0, 0.05) is 38.1 Å². The van der Waals surface area contributed by atoms with Gasteiger partial charge in [0.1, 0.15) is 0 Å². The first kappa shape index (κ1) is 13.2. The fourth-order valence-corrected chi connectivity index (χ4v) is 2.27. The number of rotatable bonds is 5. The third-order valence-corrected chi connectivity index (χ3v) is 3.49. The van der Waals surface area contributed by atoms with Crippen LogP contribution >= 0.6 is 0 Å². The van der Waals surface area contributed by atoms with E-state index in [2.05, 4.69) is 48.0 Å². The lowest BCUT2D eigenvalue weighted by Crippen LogP contribution is -2.36. The molecule has 1 aliphatic heterocycles. The van der Waals surface area contributed by atoms with Crippen LogP contribution in [0.5, 0.6) is 0 Å². The monoisotopic (exact) mass is 248 g/mol. The van der Waals surface area contributed by atoms with Crippen LogP contribution in [-0.2, 0) is 4.74 Å². The van der Waals surface area contributed by atoms with E-state index in [1.807, 2.05) is 0 Å². The Labute approximate surface area is 110 Å². The third-order valence-electron chi connectivity index (χ3n) is 3.49. The van der Waals surface area contributed by atoms with Crippen LogP contribution in [-0.4, -0.2) is 39.9 Å². The molecule has 0 N–H and O–H groups in total. The number of anilines is 2. The van der Waals surface area contributed by atoms with Gasteiger partial charge >= 0.3 is 0 Å². The Kier molecular flexibility index (Phi) is 4.88. The molecule has 1 aromatic rings. The van der Waals surface area contributed by atoms with Gasteiger partial charge in [0.2, 0.25) is 0 Å². The van der Waals surface area contributed by atoms with Crippen molar-refractivity contribution in [3.63, 3.8) is 0 Å². The average Bonchev–Trinajstić information content (AvgIpc) is 2.46. The molecule has 0 aromatic heterocycles. The van der Waals surface area contributed by atoms with Gasteiger partial charge in [0.25, 0.3) is 0 Å². The molecule has 100 valence electrons. The van der Waals surface area contributed by atoms with Gasteiger partial charge in [-0.3, -0.25) is 0 Å². The Morgan fingerprint density at radius 1 is 1.28 bits per heavy atom. The summed E-state index contributed by atoms with van der Waals surface area (Å²) in [6.45, 7) is 7.05. The van der Waals surface area contributed by atoms with Crippen LogP contribution in [0.2, 0.25) is 0 Å². The first-order valence-electron chi connectivity index (χ1n) is 6.95. The molecule has 0 aliphatic carbocycles. The van der Waals surface area contributed by atoms with Crippen molar-refractivity contribution >= 4 is 11.4 Å². The van der Waals surface area contributed by atoms with Gasteiger partial charge in [-0.15, -0.1) is 0 Å². The van der Waals surface area contributed by atoms with Crippen LogP contribution in [0, 0.1) is 0 Å². The Morgan fingerprint density at radius 2 is 2.06 bits per heavy atom. The van der Waals surface area contributed by atoms with Crippen molar-refractivity contribution in [3.05, 3.63) is 24.3 Å². The predicted octanol–water partition coefficient (Wildman–Crippen LogP) is 2.76.